The molecule has 0 rings (SSSR count). The van der Waals surface area contributed by atoms with E-state index in [4.69, 9.17) is 4.74 Å². The number of allylic oxidation sites excluding steroid dienone is 3. The molecule has 0 aromatic rings. The van der Waals surface area contributed by atoms with E-state index in [0.29, 0.717) is 19.4 Å². The Morgan fingerprint density at radius 2 is 0.783 bits per heavy atom. The maximum Gasteiger partial charge on any atom is 0.305 e. The Labute approximate surface area is 373 Å². The molecule has 2 unspecified atom stereocenters. The van der Waals surface area contributed by atoms with Crippen molar-refractivity contribution in [2.45, 2.75) is 296 Å². The van der Waals surface area contributed by atoms with Crippen LogP contribution in [0, 0.1) is 0 Å². The van der Waals surface area contributed by atoms with Gasteiger partial charge in [-0.2, -0.15) is 0 Å². The van der Waals surface area contributed by atoms with E-state index in [2.05, 4.69) is 31.3 Å². The third kappa shape index (κ3) is 45.9. The Bertz CT molecular complexity index is 935. The van der Waals surface area contributed by atoms with Crippen molar-refractivity contribution < 1.29 is 24.5 Å². The van der Waals surface area contributed by atoms with Crippen LogP contribution < -0.4 is 5.32 Å². The number of unbranched alkanes of at least 4 members (excludes halogenated alkanes) is 36. The van der Waals surface area contributed by atoms with Gasteiger partial charge in [0.15, 0.2) is 0 Å². The number of nitrogens with one attached hydrogen (secondary N) is 1. The Kier molecular flexibility index (Phi) is 48.6. The fourth-order valence-corrected chi connectivity index (χ4v) is 8.10. The fraction of sp³-hybridized carbons (Fsp3) is 0.889. The first-order valence-corrected chi connectivity index (χ1v) is 26.6. The summed E-state index contributed by atoms with van der Waals surface area (Å²) in [6.07, 6.45) is 58.9. The van der Waals surface area contributed by atoms with Gasteiger partial charge in [-0.05, 0) is 57.8 Å². The highest BCUT2D eigenvalue weighted by Crippen LogP contribution is 2.16. The second kappa shape index (κ2) is 50.0. The zero-order valence-electron chi connectivity index (χ0n) is 40.2. The summed E-state index contributed by atoms with van der Waals surface area (Å²) in [6, 6.07) is -0.635. The normalized spacial score (nSPS) is 12.8. The first-order chi connectivity index (χ1) is 29.5. The van der Waals surface area contributed by atoms with Gasteiger partial charge in [0.05, 0.1) is 25.4 Å². The summed E-state index contributed by atoms with van der Waals surface area (Å²) >= 11 is 0. The zero-order chi connectivity index (χ0) is 43.7. The largest absolute Gasteiger partial charge is 0.466 e. The lowest BCUT2D eigenvalue weighted by molar-refractivity contribution is -0.143. The SMILES string of the molecule is CCCCCCCC/C=C\CCCCCCCC(=O)OCCCCCCCCCCCCCCCCC(=O)NC(CO)C(O)/C=C/CCCCCCCCCCCCCC. The maximum absolute atomic E-state index is 12.4. The van der Waals surface area contributed by atoms with E-state index in [1.54, 1.807) is 6.08 Å². The summed E-state index contributed by atoms with van der Waals surface area (Å²) in [5.41, 5.74) is 0. The van der Waals surface area contributed by atoms with E-state index in [1.807, 2.05) is 6.08 Å². The minimum Gasteiger partial charge on any atom is -0.466 e. The van der Waals surface area contributed by atoms with Crippen LogP contribution in [0.4, 0.5) is 0 Å². The highest BCUT2D eigenvalue weighted by Gasteiger charge is 2.18. The van der Waals surface area contributed by atoms with Gasteiger partial charge in [0.25, 0.3) is 0 Å². The lowest BCUT2D eigenvalue weighted by atomic mass is 10.0. The third-order valence-electron chi connectivity index (χ3n) is 12.2. The molecule has 6 heteroatoms. The molecule has 0 aliphatic rings. The summed E-state index contributed by atoms with van der Waals surface area (Å²) in [5.74, 6) is -0.0900. The van der Waals surface area contributed by atoms with E-state index in [9.17, 15) is 19.8 Å². The van der Waals surface area contributed by atoms with Crippen LogP contribution in [0.3, 0.4) is 0 Å². The van der Waals surface area contributed by atoms with E-state index in [1.165, 1.54) is 199 Å². The van der Waals surface area contributed by atoms with Crippen molar-refractivity contribution in [1.29, 1.82) is 0 Å². The van der Waals surface area contributed by atoms with Crippen LogP contribution in [0.2, 0.25) is 0 Å². The van der Waals surface area contributed by atoms with Crippen LogP contribution in [0.25, 0.3) is 0 Å². The van der Waals surface area contributed by atoms with E-state index in [-0.39, 0.29) is 18.5 Å². The Morgan fingerprint density at radius 3 is 1.18 bits per heavy atom. The Hall–Kier alpha value is -1.66. The molecule has 0 radical (unpaired) electrons. The number of carbonyl (C=O) groups excluding carboxylic acids is 2. The molecule has 0 heterocycles. The predicted molar refractivity (Wildman–Crippen MR) is 260 cm³/mol. The minimum absolute atomic E-state index is 0.0115. The van der Waals surface area contributed by atoms with Crippen molar-refractivity contribution in [3.63, 3.8) is 0 Å². The quantitative estimate of drug-likeness (QED) is 0.0322. The molecule has 2 atom stereocenters. The lowest BCUT2D eigenvalue weighted by Crippen LogP contribution is -2.45. The molecule has 0 aliphatic carbocycles. The Balaban J connectivity index is 3.47. The molecule has 0 bridgehead atoms. The average Bonchev–Trinajstić information content (AvgIpc) is 3.25. The number of amides is 1. The van der Waals surface area contributed by atoms with Crippen molar-refractivity contribution in [3.8, 4) is 0 Å². The summed E-state index contributed by atoms with van der Waals surface area (Å²) < 4.78 is 5.46. The molecule has 0 saturated carbocycles. The van der Waals surface area contributed by atoms with Crippen LogP contribution in [-0.2, 0) is 14.3 Å². The predicted octanol–water partition coefficient (Wildman–Crippen LogP) is 15.9. The second-order valence-corrected chi connectivity index (χ2v) is 18.2. The van der Waals surface area contributed by atoms with Gasteiger partial charge in [-0.3, -0.25) is 9.59 Å². The Morgan fingerprint density at radius 1 is 0.450 bits per heavy atom. The fourth-order valence-electron chi connectivity index (χ4n) is 8.10. The van der Waals surface area contributed by atoms with Crippen LogP contribution in [0.15, 0.2) is 24.3 Å². The van der Waals surface area contributed by atoms with Gasteiger partial charge in [0.2, 0.25) is 5.91 Å². The second-order valence-electron chi connectivity index (χ2n) is 18.2. The first kappa shape index (κ1) is 58.3. The number of aliphatic hydroxyl groups excluding tert-OH is 2. The average molecular weight is 846 g/mol. The summed E-state index contributed by atoms with van der Waals surface area (Å²) in [6.45, 7) is 4.87. The molecule has 0 spiro atoms. The first-order valence-electron chi connectivity index (χ1n) is 26.6. The van der Waals surface area contributed by atoms with Crippen LogP contribution in [0.1, 0.15) is 284 Å². The number of aliphatic hydroxyl groups is 2. The van der Waals surface area contributed by atoms with Crippen molar-refractivity contribution in [1.82, 2.24) is 5.32 Å². The molecule has 354 valence electrons. The zero-order valence-corrected chi connectivity index (χ0v) is 40.2. The highest BCUT2D eigenvalue weighted by atomic mass is 16.5. The number of carbonyl (C=O) groups is 2. The molecular formula is C54H103NO5. The van der Waals surface area contributed by atoms with E-state index >= 15 is 0 Å². The van der Waals surface area contributed by atoms with Crippen LogP contribution in [0.5, 0.6) is 0 Å². The lowest BCUT2D eigenvalue weighted by Gasteiger charge is -2.20. The van der Waals surface area contributed by atoms with E-state index < -0.39 is 12.1 Å². The highest BCUT2D eigenvalue weighted by molar-refractivity contribution is 5.76. The summed E-state index contributed by atoms with van der Waals surface area (Å²) in [5, 5.41) is 23.0. The van der Waals surface area contributed by atoms with Gasteiger partial charge >= 0.3 is 5.97 Å². The molecule has 1 amide bonds. The molecule has 0 aromatic heterocycles. The minimum atomic E-state index is -0.851. The monoisotopic (exact) mass is 846 g/mol. The number of rotatable bonds is 49. The van der Waals surface area contributed by atoms with Gasteiger partial charge in [0, 0.05) is 12.8 Å². The van der Waals surface area contributed by atoms with Crippen LogP contribution in [-0.4, -0.2) is 47.4 Å². The van der Waals surface area contributed by atoms with Gasteiger partial charge in [-0.1, -0.05) is 237 Å². The number of esters is 1. The molecule has 6 nitrogen and oxygen atoms in total. The van der Waals surface area contributed by atoms with Crippen molar-refractivity contribution in [2.24, 2.45) is 0 Å². The van der Waals surface area contributed by atoms with Crippen molar-refractivity contribution in [2.75, 3.05) is 13.2 Å². The molecule has 0 aromatic carbocycles. The molecule has 0 saturated heterocycles. The van der Waals surface area contributed by atoms with Crippen LogP contribution >= 0.6 is 0 Å². The summed E-state index contributed by atoms with van der Waals surface area (Å²) in [4.78, 5) is 24.5. The molecule has 3 N–H and O–H groups in total. The van der Waals surface area contributed by atoms with E-state index in [0.717, 1.165) is 57.8 Å². The topological polar surface area (TPSA) is 95.9 Å². The number of hydrogen-bond acceptors (Lipinski definition) is 5. The molecule has 60 heavy (non-hydrogen) atoms. The molecule has 0 aliphatic heterocycles. The van der Waals surface area contributed by atoms with Gasteiger partial charge in [0.1, 0.15) is 0 Å². The maximum atomic E-state index is 12.4. The number of hydrogen-bond donors (Lipinski definition) is 3. The van der Waals surface area contributed by atoms with Crippen molar-refractivity contribution >= 4 is 11.9 Å². The van der Waals surface area contributed by atoms with Gasteiger partial charge in [-0.15, -0.1) is 0 Å². The molecule has 0 fully saturated rings. The number of ether oxygens (including phenoxy) is 1. The smallest absolute Gasteiger partial charge is 0.305 e. The molecular weight excluding hydrogens is 743 g/mol. The van der Waals surface area contributed by atoms with Gasteiger partial charge < -0.3 is 20.3 Å². The van der Waals surface area contributed by atoms with Gasteiger partial charge in [-0.25, -0.2) is 0 Å². The third-order valence-corrected chi connectivity index (χ3v) is 12.2. The summed E-state index contributed by atoms with van der Waals surface area (Å²) in [7, 11) is 0. The standard InChI is InChI=1S/C54H103NO5/c1-3-5-7-9-11-13-15-17-19-24-28-32-36-40-44-48-54(59)60-49-45-41-37-33-29-25-21-20-23-27-31-35-39-43-47-53(58)55-51(50-56)52(57)46-42-38-34-30-26-22-18-16-14-12-10-8-6-4-2/h17,19,42,46,51-52,56-57H,3-16,18,20-41,43-45,47-50H2,1-2H3,(H,55,58)/b19-17-,46-42+. The van der Waals surface area contributed by atoms with Crippen molar-refractivity contribution in [3.05, 3.63) is 24.3 Å².